The minimum Gasteiger partial charge on any atom is -0.401 e. The van der Waals surface area contributed by atoms with Crippen molar-refractivity contribution in [1.82, 2.24) is 5.06 Å². The van der Waals surface area contributed by atoms with Gasteiger partial charge in [0.2, 0.25) is 0 Å². The quantitative estimate of drug-likeness (QED) is 0.826. The van der Waals surface area contributed by atoms with Crippen LogP contribution in [0.25, 0.3) is 0 Å². The predicted octanol–water partition coefficient (Wildman–Crippen LogP) is 1.68. The van der Waals surface area contributed by atoms with E-state index in [-0.39, 0.29) is 12.3 Å². The topological polar surface area (TPSA) is 98.6 Å². The first-order valence-corrected chi connectivity index (χ1v) is 6.64. The van der Waals surface area contributed by atoms with Gasteiger partial charge in [-0.1, -0.05) is 39.0 Å². The van der Waals surface area contributed by atoms with Gasteiger partial charge in [-0.3, -0.25) is 14.4 Å². The SMILES string of the molecule is C=C(N)CON1C(=O)c2ccccc2C1=O.CCC.CN. The van der Waals surface area contributed by atoms with E-state index in [1.54, 1.807) is 24.3 Å². The number of fused-ring (bicyclic) bond motifs is 1. The van der Waals surface area contributed by atoms with Crippen LogP contribution < -0.4 is 11.5 Å². The van der Waals surface area contributed by atoms with E-state index in [4.69, 9.17) is 10.6 Å². The number of nitrogens with zero attached hydrogens (tertiary/aromatic N) is 1. The standard InChI is InChI=1S/C11H10N2O3.C3H8.CH5N/c1-7(12)6-16-13-10(14)8-4-2-3-5-9(8)11(13)15;1-3-2;1-2/h2-5H,1,6,12H2;3H2,1-2H3;2H2,1H3. The zero-order valence-electron chi connectivity index (χ0n) is 12.8. The molecule has 0 aliphatic carbocycles. The van der Waals surface area contributed by atoms with Crippen LogP contribution in [0, 0.1) is 0 Å². The van der Waals surface area contributed by atoms with Gasteiger partial charge in [-0.2, -0.15) is 0 Å². The molecule has 1 aliphatic rings. The molecule has 1 aliphatic heterocycles. The number of hydroxylamine groups is 2. The van der Waals surface area contributed by atoms with Gasteiger partial charge in [0.25, 0.3) is 11.8 Å². The Balaban J connectivity index is 0.000000713. The number of amides is 2. The zero-order chi connectivity index (χ0) is 16.4. The van der Waals surface area contributed by atoms with E-state index < -0.39 is 11.8 Å². The van der Waals surface area contributed by atoms with Gasteiger partial charge in [0.15, 0.2) is 0 Å². The molecule has 2 amide bonds. The number of hydrogen-bond donors (Lipinski definition) is 2. The molecule has 116 valence electrons. The number of carbonyl (C=O) groups excluding carboxylic acids is 2. The van der Waals surface area contributed by atoms with Gasteiger partial charge < -0.3 is 11.5 Å². The highest BCUT2D eigenvalue weighted by atomic mass is 16.7. The molecule has 1 aromatic carbocycles. The summed E-state index contributed by atoms with van der Waals surface area (Å²) in [6.07, 6.45) is 1.25. The van der Waals surface area contributed by atoms with E-state index in [1.807, 2.05) is 0 Å². The maximum Gasteiger partial charge on any atom is 0.285 e. The number of rotatable bonds is 3. The third-order valence-corrected chi connectivity index (χ3v) is 2.14. The molecule has 0 unspecified atom stereocenters. The second kappa shape index (κ2) is 9.68. The Kier molecular flexibility index (Phi) is 8.68. The molecule has 0 spiro atoms. The average molecular weight is 293 g/mol. The molecule has 6 heteroatoms. The Bertz CT molecular complexity index is 466. The summed E-state index contributed by atoms with van der Waals surface area (Å²) in [6, 6.07) is 6.54. The molecule has 0 bridgehead atoms. The summed E-state index contributed by atoms with van der Waals surface area (Å²) in [4.78, 5) is 28.4. The van der Waals surface area contributed by atoms with Crippen molar-refractivity contribution in [1.29, 1.82) is 0 Å². The molecular weight excluding hydrogens is 270 g/mol. The van der Waals surface area contributed by atoms with E-state index in [0.29, 0.717) is 16.2 Å². The molecule has 4 N–H and O–H groups in total. The first-order chi connectivity index (χ1) is 10.0. The molecule has 1 aromatic rings. The van der Waals surface area contributed by atoms with Crippen LogP contribution in [0.5, 0.6) is 0 Å². The van der Waals surface area contributed by atoms with Crippen LogP contribution in [0.2, 0.25) is 0 Å². The predicted molar refractivity (Wildman–Crippen MR) is 82.3 cm³/mol. The maximum absolute atomic E-state index is 11.7. The molecule has 1 heterocycles. The van der Waals surface area contributed by atoms with Crippen LogP contribution in [0.3, 0.4) is 0 Å². The van der Waals surface area contributed by atoms with Crippen LogP contribution in [0.1, 0.15) is 41.0 Å². The van der Waals surface area contributed by atoms with Crippen LogP contribution in [-0.2, 0) is 4.84 Å². The molecule has 2 rings (SSSR count). The highest BCUT2D eigenvalue weighted by Crippen LogP contribution is 2.22. The Morgan fingerprint density at radius 3 is 1.86 bits per heavy atom. The van der Waals surface area contributed by atoms with Crippen molar-refractivity contribution in [2.24, 2.45) is 11.5 Å². The summed E-state index contributed by atoms with van der Waals surface area (Å²) in [6.45, 7) is 7.60. The lowest BCUT2D eigenvalue weighted by molar-refractivity contribution is -0.0826. The zero-order valence-corrected chi connectivity index (χ0v) is 12.8. The van der Waals surface area contributed by atoms with Crippen molar-refractivity contribution in [2.75, 3.05) is 13.7 Å². The number of imide groups is 1. The lowest BCUT2D eigenvalue weighted by Gasteiger charge is -2.12. The fourth-order valence-corrected chi connectivity index (χ4v) is 1.43. The fourth-order valence-electron chi connectivity index (χ4n) is 1.43. The Morgan fingerprint density at radius 2 is 1.52 bits per heavy atom. The highest BCUT2D eigenvalue weighted by molar-refractivity contribution is 6.20. The van der Waals surface area contributed by atoms with Crippen molar-refractivity contribution < 1.29 is 14.4 Å². The molecule has 0 saturated heterocycles. The summed E-state index contributed by atoms with van der Waals surface area (Å²) in [5, 5.41) is 0.711. The molecule has 6 nitrogen and oxygen atoms in total. The van der Waals surface area contributed by atoms with Crippen LogP contribution in [-0.4, -0.2) is 30.5 Å². The summed E-state index contributed by atoms with van der Waals surface area (Å²) in [7, 11) is 1.50. The monoisotopic (exact) mass is 293 g/mol. The van der Waals surface area contributed by atoms with E-state index in [9.17, 15) is 9.59 Å². The van der Waals surface area contributed by atoms with Gasteiger partial charge in [0.05, 0.1) is 11.1 Å². The minimum atomic E-state index is -0.471. The average Bonchev–Trinajstić information content (AvgIpc) is 2.72. The normalized spacial score (nSPS) is 11.9. The Labute approximate surface area is 125 Å². The van der Waals surface area contributed by atoms with E-state index in [0.717, 1.165) is 0 Å². The molecule has 0 radical (unpaired) electrons. The van der Waals surface area contributed by atoms with Crippen LogP contribution in [0.15, 0.2) is 36.5 Å². The van der Waals surface area contributed by atoms with Gasteiger partial charge in [0.1, 0.15) is 6.61 Å². The third-order valence-electron chi connectivity index (χ3n) is 2.14. The smallest absolute Gasteiger partial charge is 0.285 e. The van der Waals surface area contributed by atoms with Crippen LogP contribution in [0.4, 0.5) is 0 Å². The van der Waals surface area contributed by atoms with Gasteiger partial charge in [-0.05, 0) is 19.2 Å². The highest BCUT2D eigenvalue weighted by Gasteiger charge is 2.36. The Hall–Kier alpha value is -2.18. The van der Waals surface area contributed by atoms with Gasteiger partial charge in [-0.15, -0.1) is 5.06 Å². The largest absolute Gasteiger partial charge is 0.401 e. The summed E-state index contributed by atoms with van der Waals surface area (Å²) < 4.78 is 0. The summed E-state index contributed by atoms with van der Waals surface area (Å²) >= 11 is 0. The fraction of sp³-hybridized carbons (Fsp3) is 0.333. The molecule has 0 atom stereocenters. The van der Waals surface area contributed by atoms with E-state index in [2.05, 4.69) is 26.2 Å². The number of hydrogen-bond acceptors (Lipinski definition) is 5. The second-order valence-electron chi connectivity index (χ2n) is 4.09. The lowest BCUT2D eigenvalue weighted by Crippen LogP contribution is -2.31. The summed E-state index contributed by atoms with van der Waals surface area (Å²) in [5.41, 5.74) is 10.7. The van der Waals surface area contributed by atoms with E-state index in [1.165, 1.54) is 13.5 Å². The Morgan fingerprint density at radius 1 is 1.14 bits per heavy atom. The molecular formula is C15H23N3O3. The molecule has 21 heavy (non-hydrogen) atoms. The minimum absolute atomic E-state index is 0.0640. The maximum atomic E-state index is 11.7. The van der Waals surface area contributed by atoms with Gasteiger partial charge in [-0.25, -0.2) is 0 Å². The van der Waals surface area contributed by atoms with E-state index >= 15 is 0 Å². The lowest BCUT2D eigenvalue weighted by atomic mass is 10.1. The van der Waals surface area contributed by atoms with Crippen molar-refractivity contribution in [3.63, 3.8) is 0 Å². The first kappa shape index (κ1) is 18.8. The molecule has 0 aromatic heterocycles. The third kappa shape index (κ3) is 5.02. The number of carbonyl (C=O) groups is 2. The number of nitrogens with two attached hydrogens (primary N) is 2. The van der Waals surface area contributed by atoms with Crippen molar-refractivity contribution >= 4 is 11.8 Å². The second-order valence-corrected chi connectivity index (χ2v) is 4.09. The molecule has 0 fully saturated rings. The van der Waals surface area contributed by atoms with Gasteiger partial charge in [0, 0.05) is 5.70 Å². The van der Waals surface area contributed by atoms with Crippen molar-refractivity contribution in [2.45, 2.75) is 20.3 Å². The van der Waals surface area contributed by atoms with Gasteiger partial charge >= 0.3 is 0 Å². The first-order valence-electron chi connectivity index (χ1n) is 6.64. The number of benzene rings is 1. The molecule has 0 saturated carbocycles. The van der Waals surface area contributed by atoms with Crippen molar-refractivity contribution in [3.8, 4) is 0 Å². The van der Waals surface area contributed by atoms with Crippen LogP contribution >= 0.6 is 0 Å². The van der Waals surface area contributed by atoms with Crippen molar-refractivity contribution in [3.05, 3.63) is 47.7 Å². The summed E-state index contributed by atoms with van der Waals surface area (Å²) in [5.74, 6) is -0.941.